The Labute approximate surface area is 120 Å². The van der Waals surface area contributed by atoms with E-state index in [4.69, 9.17) is 0 Å². The SMILES string of the molecule is CN(C)c1ccc(C=C2CCCc3cnccc32)cc1. The summed E-state index contributed by atoms with van der Waals surface area (Å²) < 4.78 is 0. The standard InChI is InChI=1S/C18H20N2/c1-20(2)17-8-6-14(7-9-17)12-15-4-3-5-16-13-19-11-10-18(15)16/h6-13H,3-5H2,1-2H3. The molecule has 0 saturated heterocycles. The third-order valence-electron chi connectivity index (χ3n) is 3.89. The van der Waals surface area contributed by atoms with Crippen LogP contribution in [0.3, 0.4) is 0 Å². The highest BCUT2D eigenvalue weighted by molar-refractivity contribution is 5.83. The third kappa shape index (κ3) is 2.60. The number of benzene rings is 1. The molecule has 0 atom stereocenters. The zero-order chi connectivity index (χ0) is 13.9. The predicted molar refractivity (Wildman–Crippen MR) is 85.8 cm³/mol. The summed E-state index contributed by atoms with van der Waals surface area (Å²) in [6.07, 6.45) is 9.76. The molecule has 0 N–H and O–H groups in total. The number of pyridine rings is 1. The Morgan fingerprint density at radius 3 is 2.60 bits per heavy atom. The molecule has 1 heterocycles. The minimum atomic E-state index is 1.15. The first kappa shape index (κ1) is 12.9. The zero-order valence-electron chi connectivity index (χ0n) is 12.1. The molecule has 1 aromatic carbocycles. The molecule has 0 saturated carbocycles. The van der Waals surface area contributed by atoms with Gasteiger partial charge >= 0.3 is 0 Å². The van der Waals surface area contributed by atoms with Crippen molar-refractivity contribution in [1.29, 1.82) is 0 Å². The van der Waals surface area contributed by atoms with Crippen LogP contribution in [0.15, 0.2) is 42.7 Å². The Bertz CT molecular complexity index is 624. The predicted octanol–water partition coefficient (Wildman–Crippen LogP) is 4.02. The monoisotopic (exact) mass is 264 g/mol. The lowest BCUT2D eigenvalue weighted by Gasteiger charge is -2.18. The van der Waals surface area contributed by atoms with Gasteiger partial charge in [-0.15, -0.1) is 0 Å². The molecule has 0 unspecified atom stereocenters. The summed E-state index contributed by atoms with van der Waals surface area (Å²) >= 11 is 0. The summed E-state index contributed by atoms with van der Waals surface area (Å²) in [5.74, 6) is 0. The van der Waals surface area contributed by atoms with Gasteiger partial charge in [0.2, 0.25) is 0 Å². The zero-order valence-corrected chi connectivity index (χ0v) is 12.1. The van der Waals surface area contributed by atoms with E-state index < -0.39 is 0 Å². The van der Waals surface area contributed by atoms with E-state index in [0.29, 0.717) is 0 Å². The van der Waals surface area contributed by atoms with Gasteiger partial charge in [0.1, 0.15) is 0 Å². The Kier molecular flexibility index (Phi) is 3.55. The summed E-state index contributed by atoms with van der Waals surface area (Å²) in [5, 5.41) is 0. The molecule has 0 aliphatic heterocycles. The maximum Gasteiger partial charge on any atom is 0.0361 e. The van der Waals surface area contributed by atoms with Crippen molar-refractivity contribution in [3.05, 3.63) is 59.4 Å². The lowest BCUT2D eigenvalue weighted by atomic mass is 9.88. The van der Waals surface area contributed by atoms with E-state index in [-0.39, 0.29) is 0 Å². The van der Waals surface area contributed by atoms with Crippen LogP contribution in [0.1, 0.15) is 29.5 Å². The molecular weight excluding hydrogens is 244 g/mol. The van der Waals surface area contributed by atoms with E-state index in [9.17, 15) is 0 Å². The largest absolute Gasteiger partial charge is 0.378 e. The van der Waals surface area contributed by atoms with Crippen molar-refractivity contribution in [2.45, 2.75) is 19.3 Å². The summed E-state index contributed by atoms with van der Waals surface area (Å²) in [6, 6.07) is 10.9. The number of nitrogens with zero attached hydrogens (tertiary/aromatic N) is 2. The maximum absolute atomic E-state index is 4.24. The van der Waals surface area contributed by atoms with Gasteiger partial charge in [-0.2, -0.15) is 0 Å². The van der Waals surface area contributed by atoms with Gasteiger partial charge < -0.3 is 4.90 Å². The number of aromatic nitrogens is 1. The number of allylic oxidation sites excluding steroid dienone is 1. The van der Waals surface area contributed by atoms with E-state index in [1.807, 2.05) is 12.4 Å². The van der Waals surface area contributed by atoms with Gasteiger partial charge in [-0.3, -0.25) is 4.98 Å². The molecule has 0 bridgehead atoms. The molecule has 0 fully saturated rings. The van der Waals surface area contributed by atoms with Gasteiger partial charge in [-0.05, 0) is 59.7 Å². The van der Waals surface area contributed by atoms with Crippen LogP contribution in [0.5, 0.6) is 0 Å². The first-order valence-corrected chi connectivity index (χ1v) is 7.15. The second-order valence-corrected chi connectivity index (χ2v) is 5.54. The minimum Gasteiger partial charge on any atom is -0.378 e. The Morgan fingerprint density at radius 1 is 1.05 bits per heavy atom. The van der Waals surface area contributed by atoms with Crippen molar-refractivity contribution in [3.8, 4) is 0 Å². The first-order valence-electron chi connectivity index (χ1n) is 7.15. The third-order valence-corrected chi connectivity index (χ3v) is 3.89. The van der Waals surface area contributed by atoms with Crippen LogP contribution in [0, 0.1) is 0 Å². The molecule has 102 valence electrons. The fourth-order valence-corrected chi connectivity index (χ4v) is 2.76. The molecule has 20 heavy (non-hydrogen) atoms. The number of rotatable bonds is 2. The Morgan fingerprint density at radius 2 is 1.85 bits per heavy atom. The van der Waals surface area contributed by atoms with Gasteiger partial charge in [0, 0.05) is 32.2 Å². The van der Waals surface area contributed by atoms with Crippen LogP contribution in [0.25, 0.3) is 11.6 Å². The molecule has 1 aliphatic rings. The summed E-state index contributed by atoms with van der Waals surface area (Å²) in [5.41, 5.74) is 6.71. The fraction of sp³-hybridized carbons (Fsp3) is 0.278. The highest BCUT2D eigenvalue weighted by atomic mass is 15.1. The quantitative estimate of drug-likeness (QED) is 0.814. The Hall–Kier alpha value is -2.09. The molecule has 2 aromatic rings. The van der Waals surface area contributed by atoms with Crippen LogP contribution in [-0.2, 0) is 6.42 Å². The topological polar surface area (TPSA) is 16.1 Å². The number of hydrogen-bond donors (Lipinski definition) is 0. The fourth-order valence-electron chi connectivity index (χ4n) is 2.76. The van der Waals surface area contributed by atoms with Gasteiger partial charge in [0.15, 0.2) is 0 Å². The van der Waals surface area contributed by atoms with Crippen LogP contribution >= 0.6 is 0 Å². The van der Waals surface area contributed by atoms with Crippen LogP contribution in [-0.4, -0.2) is 19.1 Å². The molecule has 0 amide bonds. The van der Waals surface area contributed by atoms with Crippen molar-refractivity contribution in [1.82, 2.24) is 4.98 Å². The van der Waals surface area contributed by atoms with Gasteiger partial charge in [0.05, 0.1) is 0 Å². The van der Waals surface area contributed by atoms with Gasteiger partial charge in [-0.1, -0.05) is 18.2 Å². The molecule has 0 spiro atoms. The number of fused-ring (bicyclic) bond motifs is 1. The van der Waals surface area contributed by atoms with Gasteiger partial charge in [-0.25, -0.2) is 0 Å². The van der Waals surface area contributed by atoms with Crippen LogP contribution < -0.4 is 4.90 Å². The summed E-state index contributed by atoms with van der Waals surface area (Å²) in [4.78, 5) is 6.36. The molecular formula is C18H20N2. The second-order valence-electron chi connectivity index (χ2n) is 5.54. The highest BCUT2D eigenvalue weighted by Gasteiger charge is 2.13. The normalized spacial score (nSPS) is 16.0. The molecule has 2 heteroatoms. The van der Waals surface area contributed by atoms with Crippen molar-refractivity contribution in [2.24, 2.45) is 0 Å². The smallest absolute Gasteiger partial charge is 0.0361 e. The number of aryl methyl sites for hydroxylation is 1. The average Bonchev–Trinajstić information content (AvgIpc) is 2.48. The first-order chi connectivity index (χ1) is 9.74. The maximum atomic E-state index is 4.24. The molecule has 1 aliphatic carbocycles. The highest BCUT2D eigenvalue weighted by Crippen LogP contribution is 2.31. The van der Waals surface area contributed by atoms with Crippen molar-refractivity contribution < 1.29 is 0 Å². The second kappa shape index (κ2) is 5.49. The van der Waals surface area contributed by atoms with E-state index in [1.165, 1.54) is 34.4 Å². The van der Waals surface area contributed by atoms with E-state index >= 15 is 0 Å². The lowest BCUT2D eigenvalue weighted by molar-refractivity contribution is 0.818. The minimum absolute atomic E-state index is 1.15. The average molecular weight is 264 g/mol. The number of hydrogen-bond acceptors (Lipinski definition) is 2. The molecule has 0 radical (unpaired) electrons. The lowest BCUT2D eigenvalue weighted by Crippen LogP contribution is -2.08. The van der Waals surface area contributed by atoms with E-state index in [0.717, 1.165) is 12.8 Å². The van der Waals surface area contributed by atoms with Crippen molar-refractivity contribution in [2.75, 3.05) is 19.0 Å². The molecule has 3 rings (SSSR count). The number of anilines is 1. The summed E-state index contributed by atoms with van der Waals surface area (Å²) in [7, 11) is 4.13. The summed E-state index contributed by atoms with van der Waals surface area (Å²) in [6.45, 7) is 0. The van der Waals surface area contributed by atoms with Crippen molar-refractivity contribution >= 4 is 17.3 Å². The van der Waals surface area contributed by atoms with E-state index in [2.05, 4.69) is 60.4 Å². The Balaban J connectivity index is 1.93. The van der Waals surface area contributed by atoms with E-state index in [1.54, 1.807) is 0 Å². The van der Waals surface area contributed by atoms with Crippen LogP contribution in [0.2, 0.25) is 0 Å². The molecule has 1 aromatic heterocycles. The molecule has 2 nitrogen and oxygen atoms in total. The van der Waals surface area contributed by atoms with Crippen molar-refractivity contribution in [3.63, 3.8) is 0 Å². The van der Waals surface area contributed by atoms with Gasteiger partial charge in [0.25, 0.3) is 0 Å². The van der Waals surface area contributed by atoms with Crippen LogP contribution in [0.4, 0.5) is 5.69 Å².